The Morgan fingerprint density at radius 2 is 1.81 bits per heavy atom. The first-order valence-corrected chi connectivity index (χ1v) is 5.97. The number of nitrogens with zero attached hydrogens (tertiary/aromatic N) is 5. The molecule has 1 unspecified atom stereocenters. The number of aromatic nitrogens is 3. The Morgan fingerprint density at radius 3 is 2.29 bits per heavy atom. The lowest BCUT2D eigenvalue weighted by Gasteiger charge is -2.02. The molecule has 0 radical (unpaired) electrons. The van der Waals surface area contributed by atoms with Crippen LogP contribution < -0.4 is 0 Å². The van der Waals surface area contributed by atoms with Gasteiger partial charge in [0.2, 0.25) is 0 Å². The first-order chi connectivity index (χ1) is 9.92. The summed E-state index contributed by atoms with van der Waals surface area (Å²) in [4.78, 5) is 20.2. The van der Waals surface area contributed by atoms with Crippen LogP contribution in [0.5, 0.6) is 0 Å². The smallest absolute Gasteiger partial charge is 0.278 e. The Balaban J connectivity index is 2.50. The second kappa shape index (κ2) is 5.63. The summed E-state index contributed by atoms with van der Waals surface area (Å²) in [6.45, 7) is 1.75. The highest BCUT2D eigenvalue weighted by molar-refractivity contribution is 5.52. The van der Waals surface area contributed by atoms with Crippen molar-refractivity contribution in [3.63, 3.8) is 0 Å². The van der Waals surface area contributed by atoms with E-state index in [1.54, 1.807) is 6.92 Å². The Hall–Kier alpha value is -2.88. The summed E-state index contributed by atoms with van der Waals surface area (Å²) in [6, 6.07) is 3.15. The third-order valence-corrected chi connectivity index (χ3v) is 2.81. The molecule has 1 N–H and O–H groups in total. The van der Waals surface area contributed by atoms with Gasteiger partial charge in [-0.05, 0) is 6.42 Å². The predicted molar refractivity (Wildman–Crippen MR) is 69.9 cm³/mol. The SMILES string of the molecule is CCC(O)c1cn(-c2cc([N+](=O)[O-])cc([N+](=O)[O-])c2)nn1. The van der Waals surface area contributed by atoms with Crippen LogP contribution in [0.3, 0.4) is 0 Å². The van der Waals surface area contributed by atoms with Gasteiger partial charge in [0.1, 0.15) is 5.69 Å². The summed E-state index contributed by atoms with van der Waals surface area (Å²) in [5.41, 5.74) is -0.441. The van der Waals surface area contributed by atoms with E-state index in [2.05, 4.69) is 10.3 Å². The van der Waals surface area contributed by atoms with E-state index in [0.29, 0.717) is 6.42 Å². The fraction of sp³-hybridized carbons (Fsp3) is 0.273. The molecule has 0 aliphatic carbocycles. The zero-order chi connectivity index (χ0) is 15.6. The van der Waals surface area contributed by atoms with Crippen molar-refractivity contribution in [3.8, 4) is 5.69 Å². The van der Waals surface area contributed by atoms with Crippen molar-refractivity contribution >= 4 is 11.4 Å². The number of hydrogen-bond acceptors (Lipinski definition) is 7. The van der Waals surface area contributed by atoms with Gasteiger partial charge in [0.25, 0.3) is 11.4 Å². The topological polar surface area (TPSA) is 137 Å². The van der Waals surface area contributed by atoms with Crippen LogP contribution in [0.15, 0.2) is 24.4 Å². The summed E-state index contributed by atoms with van der Waals surface area (Å²) in [5.74, 6) is 0. The third-order valence-electron chi connectivity index (χ3n) is 2.81. The van der Waals surface area contributed by atoms with E-state index in [1.165, 1.54) is 6.20 Å². The van der Waals surface area contributed by atoms with Gasteiger partial charge in [0.05, 0.1) is 33.9 Å². The maximum absolute atomic E-state index is 10.8. The van der Waals surface area contributed by atoms with Crippen LogP contribution >= 0.6 is 0 Å². The van der Waals surface area contributed by atoms with Crippen molar-refractivity contribution in [3.05, 3.63) is 50.3 Å². The standard InChI is InChI=1S/C11H11N5O5/c1-2-11(17)10-6-14(13-12-10)7-3-8(15(18)19)5-9(4-7)16(20)21/h3-6,11,17H,2H2,1H3. The molecule has 1 aromatic heterocycles. The predicted octanol–water partition coefficient (Wildman–Crippen LogP) is 1.53. The van der Waals surface area contributed by atoms with Gasteiger partial charge in [-0.15, -0.1) is 5.10 Å². The van der Waals surface area contributed by atoms with Gasteiger partial charge in [-0.1, -0.05) is 12.1 Å². The van der Waals surface area contributed by atoms with E-state index >= 15 is 0 Å². The van der Waals surface area contributed by atoms with Gasteiger partial charge in [-0.3, -0.25) is 20.2 Å². The van der Waals surface area contributed by atoms with E-state index in [0.717, 1.165) is 22.9 Å². The zero-order valence-electron chi connectivity index (χ0n) is 10.9. The number of aliphatic hydroxyl groups excluding tert-OH is 1. The Bertz CT molecular complexity index is 666. The second-order valence-corrected chi connectivity index (χ2v) is 4.23. The molecule has 10 heteroatoms. The molecule has 0 fully saturated rings. The minimum absolute atomic E-state index is 0.123. The van der Waals surface area contributed by atoms with E-state index in [1.807, 2.05) is 0 Å². The van der Waals surface area contributed by atoms with Gasteiger partial charge >= 0.3 is 0 Å². The van der Waals surface area contributed by atoms with Gasteiger partial charge in [0, 0.05) is 12.1 Å². The van der Waals surface area contributed by atoms with E-state index in [4.69, 9.17) is 0 Å². The summed E-state index contributed by atoms with van der Waals surface area (Å²) in [5, 5.41) is 38.7. The van der Waals surface area contributed by atoms with Crippen LogP contribution in [0.4, 0.5) is 11.4 Å². The van der Waals surface area contributed by atoms with Crippen molar-refractivity contribution < 1.29 is 15.0 Å². The monoisotopic (exact) mass is 293 g/mol. The molecule has 21 heavy (non-hydrogen) atoms. The van der Waals surface area contributed by atoms with Gasteiger partial charge in [-0.25, -0.2) is 4.68 Å². The molecule has 0 amide bonds. The number of aliphatic hydroxyl groups is 1. The maximum Gasteiger partial charge on any atom is 0.278 e. The average Bonchev–Trinajstić information content (AvgIpc) is 2.95. The lowest BCUT2D eigenvalue weighted by molar-refractivity contribution is -0.394. The molecule has 110 valence electrons. The highest BCUT2D eigenvalue weighted by Gasteiger charge is 2.18. The quantitative estimate of drug-likeness (QED) is 0.651. The van der Waals surface area contributed by atoms with Crippen molar-refractivity contribution in [2.75, 3.05) is 0 Å². The molecule has 0 saturated heterocycles. The fourth-order valence-corrected chi connectivity index (χ4v) is 1.69. The number of rotatable bonds is 5. The van der Waals surface area contributed by atoms with Crippen LogP contribution in [0.1, 0.15) is 25.1 Å². The molecule has 10 nitrogen and oxygen atoms in total. The molecule has 0 bridgehead atoms. The van der Waals surface area contributed by atoms with Crippen LogP contribution in [0.25, 0.3) is 5.69 Å². The van der Waals surface area contributed by atoms with Crippen molar-refractivity contribution in [1.82, 2.24) is 15.0 Å². The molecular weight excluding hydrogens is 282 g/mol. The van der Waals surface area contributed by atoms with E-state index < -0.39 is 27.3 Å². The number of nitro groups is 2. The maximum atomic E-state index is 10.8. The average molecular weight is 293 g/mol. The number of benzene rings is 1. The van der Waals surface area contributed by atoms with Crippen molar-refractivity contribution in [2.45, 2.75) is 19.4 Å². The van der Waals surface area contributed by atoms with Gasteiger partial charge in [0.15, 0.2) is 0 Å². The Labute approximate surface area is 117 Å². The van der Waals surface area contributed by atoms with Crippen molar-refractivity contribution in [2.24, 2.45) is 0 Å². The normalized spacial score (nSPS) is 12.1. The zero-order valence-corrected chi connectivity index (χ0v) is 10.9. The molecule has 0 aliphatic heterocycles. The van der Waals surface area contributed by atoms with E-state index in [9.17, 15) is 25.3 Å². The lowest BCUT2D eigenvalue weighted by atomic mass is 10.2. The molecule has 1 aromatic carbocycles. The van der Waals surface area contributed by atoms with Crippen LogP contribution in [0, 0.1) is 20.2 Å². The first kappa shape index (κ1) is 14.5. The van der Waals surface area contributed by atoms with Crippen molar-refractivity contribution in [1.29, 1.82) is 0 Å². The molecule has 2 rings (SSSR count). The molecule has 1 heterocycles. The molecule has 0 aliphatic rings. The molecule has 0 spiro atoms. The Kier molecular flexibility index (Phi) is 3.89. The first-order valence-electron chi connectivity index (χ1n) is 5.97. The highest BCUT2D eigenvalue weighted by atomic mass is 16.6. The largest absolute Gasteiger partial charge is 0.387 e. The minimum atomic E-state index is -0.813. The minimum Gasteiger partial charge on any atom is -0.387 e. The molecule has 2 aromatic rings. The number of nitro benzene ring substituents is 2. The summed E-state index contributed by atoms with van der Waals surface area (Å²) in [6.07, 6.45) is 0.984. The Morgan fingerprint density at radius 1 is 1.24 bits per heavy atom. The fourth-order valence-electron chi connectivity index (χ4n) is 1.69. The lowest BCUT2D eigenvalue weighted by Crippen LogP contribution is -1.99. The number of non-ortho nitro benzene ring substituents is 2. The summed E-state index contributed by atoms with van der Waals surface area (Å²) < 4.78 is 1.15. The second-order valence-electron chi connectivity index (χ2n) is 4.23. The summed E-state index contributed by atoms with van der Waals surface area (Å²) in [7, 11) is 0. The van der Waals surface area contributed by atoms with Gasteiger partial charge in [-0.2, -0.15) is 0 Å². The highest BCUT2D eigenvalue weighted by Crippen LogP contribution is 2.25. The molecule has 1 atom stereocenters. The van der Waals surface area contributed by atoms with Crippen LogP contribution in [-0.2, 0) is 0 Å². The van der Waals surface area contributed by atoms with Gasteiger partial charge < -0.3 is 5.11 Å². The third kappa shape index (κ3) is 3.00. The molecule has 0 saturated carbocycles. The molecular formula is C11H11N5O5. The van der Waals surface area contributed by atoms with Crippen LogP contribution in [-0.4, -0.2) is 29.9 Å². The summed E-state index contributed by atoms with van der Waals surface area (Å²) >= 11 is 0. The van der Waals surface area contributed by atoms with Crippen LogP contribution in [0.2, 0.25) is 0 Å². The number of hydrogen-bond donors (Lipinski definition) is 1. The van der Waals surface area contributed by atoms with E-state index in [-0.39, 0.29) is 11.4 Å².